The highest BCUT2D eigenvalue weighted by Crippen LogP contribution is 2.30. The van der Waals surface area contributed by atoms with E-state index in [1.165, 1.54) is 54.7 Å². The van der Waals surface area contributed by atoms with Crippen molar-refractivity contribution in [2.75, 3.05) is 7.05 Å². The molecule has 0 aliphatic carbocycles. The fourth-order valence-electron chi connectivity index (χ4n) is 2.23. The maximum Gasteiger partial charge on any atom is 0.285 e. The zero-order valence-electron chi connectivity index (χ0n) is 12.8. The van der Waals surface area contributed by atoms with Gasteiger partial charge >= 0.3 is 0 Å². The maximum absolute atomic E-state index is 12.9. The van der Waals surface area contributed by atoms with E-state index in [-0.39, 0.29) is 27.8 Å². The Morgan fingerprint density at radius 2 is 1.92 bits per heavy atom. The van der Waals surface area contributed by atoms with Gasteiger partial charge in [0.2, 0.25) is 0 Å². The Labute approximate surface area is 142 Å². The molecule has 0 unspecified atom stereocenters. The Balaban J connectivity index is 1.94. The molecule has 2 aromatic carbocycles. The summed E-state index contributed by atoms with van der Waals surface area (Å²) in [7, 11) is -2.54. The smallest absolute Gasteiger partial charge is 0.258 e. The Kier molecular flexibility index (Phi) is 4.05. The molecule has 3 rings (SSSR count). The van der Waals surface area contributed by atoms with Gasteiger partial charge in [-0.3, -0.25) is 10.1 Å². The molecule has 0 atom stereocenters. The lowest BCUT2D eigenvalue weighted by atomic mass is 10.2. The molecular weight excluding hydrogens is 351 g/mol. The summed E-state index contributed by atoms with van der Waals surface area (Å²) in [5.41, 5.74) is 0.499. The van der Waals surface area contributed by atoms with Crippen molar-refractivity contribution in [3.8, 4) is 0 Å². The number of sulfonamides is 1. The zero-order chi connectivity index (χ0) is 18.2. The van der Waals surface area contributed by atoms with Crippen LogP contribution in [0.15, 0.2) is 56.9 Å². The Bertz CT molecular complexity index is 1020. The minimum atomic E-state index is -4.03. The van der Waals surface area contributed by atoms with Crippen LogP contribution in [0.2, 0.25) is 0 Å². The predicted octanol–water partition coefficient (Wildman–Crippen LogP) is 2.15. The van der Waals surface area contributed by atoms with E-state index in [9.17, 15) is 22.9 Å². The minimum absolute atomic E-state index is 0.0447. The molecule has 2 aromatic rings. The standard InChI is InChI=1S/C15H11FN4O4S/c1-19(17-9-10-2-4-11(16)5-3-10)15-13-7-6-12(20(21)22)8-14(13)25(23,24)18-15/h2-9H,1H3. The predicted molar refractivity (Wildman–Crippen MR) is 88.6 cm³/mol. The van der Waals surface area contributed by atoms with Crippen LogP contribution >= 0.6 is 0 Å². The van der Waals surface area contributed by atoms with Crippen LogP contribution in [0.1, 0.15) is 11.1 Å². The Hall–Kier alpha value is -3.14. The second kappa shape index (κ2) is 6.06. The second-order valence-corrected chi connectivity index (χ2v) is 6.72. The third-order valence-corrected chi connectivity index (χ3v) is 4.76. The summed E-state index contributed by atoms with van der Waals surface area (Å²) in [5.74, 6) is -0.337. The third kappa shape index (κ3) is 3.24. The molecule has 0 bridgehead atoms. The fourth-order valence-corrected chi connectivity index (χ4v) is 3.47. The van der Waals surface area contributed by atoms with Gasteiger partial charge < -0.3 is 0 Å². The molecule has 0 aromatic heterocycles. The quantitative estimate of drug-likeness (QED) is 0.472. The summed E-state index contributed by atoms with van der Waals surface area (Å²) in [6.45, 7) is 0. The van der Waals surface area contributed by atoms with Crippen molar-refractivity contribution in [1.82, 2.24) is 5.01 Å². The van der Waals surface area contributed by atoms with Gasteiger partial charge in [0.1, 0.15) is 10.7 Å². The lowest BCUT2D eigenvalue weighted by Gasteiger charge is -2.12. The summed E-state index contributed by atoms with van der Waals surface area (Å²) in [5, 5.41) is 16.1. The first-order chi connectivity index (χ1) is 11.8. The summed E-state index contributed by atoms with van der Waals surface area (Å²) in [6, 6.07) is 9.06. The van der Waals surface area contributed by atoms with Crippen LogP contribution in [-0.2, 0) is 10.0 Å². The van der Waals surface area contributed by atoms with Crippen LogP contribution in [0.5, 0.6) is 0 Å². The van der Waals surface area contributed by atoms with Crippen molar-refractivity contribution in [2.24, 2.45) is 9.50 Å². The summed E-state index contributed by atoms with van der Waals surface area (Å²) < 4.78 is 40.8. The van der Waals surface area contributed by atoms with Gasteiger partial charge in [0.15, 0.2) is 5.84 Å². The minimum Gasteiger partial charge on any atom is -0.258 e. The van der Waals surface area contributed by atoms with Crippen molar-refractivity contribution in [3.63, 3.8) is 0 Å². The van der Waals surface area contributed by atoms with Gasteiger partial charge in [-0.15, -0.1) is 4.40 Å². The number of hydrogen-bond donors (Lipinski definition) is 0. The lowest BCUT2D eigenvalue weighted by Crippen LogP contribution is -2.21. The number of hydrazone groups is 1. The highest BCUT2D eigenvalue weighted by atomic mass is 32.2. The van der Waals surface area contributed by atoms with E-state index in [2.05, 4.69) is 9.50 Å². The number of non-ortho nitro benzene ring substituents is 1. The molecule has 0 fully saturated rings. The molecule has 1 aliphatic heterocycles. The Morgan fingerprint density at radius 3 is 2.56 bits per heavy atom. The molecule has 1 aliphatic rings. The monoisotopic (exact) mass is 362 g/mol. The van der Waals surface area contributed by atoms with Crippen LogP contribution in [0.4, 0.5) is 10.1 Å². The molecular formula is C15H11FN4O4S. The number of fused-ring (bicyclic) bond motifs is 1. The SMILES string of the molecule is CN(N=Cc1ccc(F)cc1)C1=NS(=O)(=O)c2cc([N+](=O)[O-])ccc21. The van der Waals surface area contributed by atoms with Crippen LogP contribution in [0.3, 0.4) is 0 Å². The molecule has 0 saturated carbocycles. The van der Waals surface area contributed by atoms with Gasteiger partial charge in [0, 0.05) is 24.7 Å². The van der Waals surface area contributed by atoms with Crippen LogP contribution < -0.4 is 0 Å². The molecule has 25 heavy (non-hydrogen) atoms. The summed E-state index contributed by atoms with van der Waals surface area (Å²) in [6.07, 6.45) is 1.41. The lowest BCUT2D eigenvalue weighted by molar-refractivity contribution is -0.385. The number of nitro groups is 1. The number of hydrogen-bond acceptors (Lipinski definition) is 6. The number of benzene rings is 2. The third-order valence-electron chi connectivity index (χ3n) is 3.46. The number of halogens is 1. The van der Waals surface area contributed by atoms with Gasteiger partial charge in [-0.25, -0.2) is 9.40 Å². The molecule has 0 N–H and O–H groups in total. The van der Waals surface area contributed by atoms with Crippen molar-refractivity contribution in [3.05, 3.63) is 69.5 Å². The largest absolute Gasteiger partial charge is 0.285 e. The van der Waals surface area contributed by atoms with Gasteiger partial charge in [0.25, 0.3) is 15.7 Å². The highest BCUT2D eigenvalue weighted by Gasteiger charge is 2.32. The maximum atomic E-state index is 12.9. The average molecular weight is 362 g/mol. The average Bonchev–Trinajstić information content (AvgIpc) is 2.85. The van der Waals surface area contributed by atoms with Crippen molar-refractivity contribution >= 4 is 27.8 Å². The van der Waals surface area contributed by atoms with E-state index in [1.54, 1.807) is 0 Å². The van der Waals surface area contributed by atoms with E-state index in [1.807, 2.05) is 0 Å². The van der Waals surface area contributed by atoms with E-state index in [0.29, 0.717) is 5.56 Å². The van der Waals surface area contributed by atoms with E-state index < -0.39 is 14.9 Å². The number of nitro benzene ring substituents is 1. The van der Waals surface area contributed by atoms with E-state index >= 15 is 0 Å². The molecule has 8 nitrogen and oxygen atoms in total. The van der Waals surface area contributed by atoms with E-state index in [0.717, 1.165) is 6.07 Å². The first kappa shape index (κ1) is 16.7. The van der Waals surface area contributed by atoms with E-state index in [4.69, 9.17) is 0 Å². The number of amidine groups is 1. The highest BCUT2D eigenvalue weighted by molar-refractivity contribution is 7.90. The molecule has 10 heteroatoms. The molecule has 0 amide bonds. The van der Waals surface area contributed by atoms with Gasteiger partial charge in [-0.1, -0.05) is 12.1 Å². The first-order valence-corrected chi connectivity index (χ1v) is 8.39. The summed E-state index contributed by atoms with van der Waals surface area (Å²) >= 11 is 0. The number of nitrogens with zero attached hydrogens (tertiary/aromatic N) is 4. The summed E-state index contributed by atoms with van der Waals surface area (Å²) in [4.78, 5) is 9.91. The molecule has 0 spiro atoms. The Morgan fingerprint density at radius 1 is 1.24 bits per heavy atom. The van der Waals surface area contributed by atoms with Crippen molar-refractivity contribution < 1.29 is 17.7 Å². The second-order valence-electron chi connectivity index (χ2n) is 5.15. The van der Waals surface area contributed by atoms with Gasteiger partial charge in [-0.2, -0.15) is 13.5 Å². The topological polar surface area (TPSA) is 105 Å². The van der Waals surface area contributed by atoms with Crippen LogP contribution in [-0.4, -0.2) is 37.4 Å². The van der Waals surface area contributed by atoms with Gasteiger partial charge in [0.05, 0.1) is 11.1 Å². The van der Waals surface area contributed by atoms with Gasteiger partial charge in [-0.05, 0) is 23.8 Å². The molecule has 1 heterocycles. The molecule has 128 valence electrons. The number of rotatable bonds is 3. The fraction of sp³-hybridized carbons (Fsp3) is 0.0667. The molecule has 0 saturated heterocycles. The van der Waals surface area contributed by atoms with Crippen LogP contribution in [0, 0.1) is 15.9 Å². The van der Waals surface area contributed by atoms with Crippen LogP contribution in [0.25, 0.3) is 0 Å². The first-order valence-electron chi connectivity index (χ1n) is 6.95. The zero-order valence-corrected chi connectivity index (χ0v) is 13.6. The normalized spacial score (nSPS) is 15.0. The molecule has 0 radical (unpaired) electrons. The van der Waals surface area contributed by atoms with Crippen molar-refractivity contribution in [2.45, 2.75) is 4.90 Å². The van der Waals surface area contributed by atoms with Crippen molar-refractivity contribution in [1.29, 1.82) is 0 Å².